The predicted molar refractivity (Wildman–Crippen MR) is 49.8 cm³/mol. The van der Waals surface area contributed by atoms with Gasteiger partial charge in [-0.3, -0.25) is 4.79 Å². The zero-order valence-corrected chi connectivity index (χ0v) is 8.05. The molecule has 13 heavy (non-hydrogen) atoms. The van der Waals surface area contributed by atoms with Gasteiger partial charge in [-0.15, -0.1) is 11.3 Å². The summed E-state index contributed by atoms with van der Waals surface area (Å²) < 4.78 is 5.29. The highest BCUT2D eigenvalue weighted by molar-refractivity contribution is 7.09. The Labute approximate surface area is 80.8 Å². The zero-order chi connectivity index (χ0) is 9.10. The third kappa shape index (κ3) is 2.14. The van der Waals surface area contributed by atoms with Crippen LogP contribution in [0.25, 0.3) is 0 Å². The fraction of sp³-hybridized carbons (Fsp3) is 0.556. The van der Waals surface area contributed by atoms with Crippen molar-refractivity contribution in [3.63, 3.8) is 0 Å². The first-order valence-corrected chi connectivity index (χ1v) is 5.27. The van der Waals surface area contributed by atoms with Gasteiger partial charge in [0.1, 0.15) is 6.10 Å². The molecule has 1 atom stereocenters. The van der Waals surface area contributed by atoms with E-state index in [0.29, 0.717) is 6.42 Å². The van der Waals surface area contributed by atoms with Gasteiger partial charge < -0.3 is 4.74 Å². The molecule has 0 aliphatic carbocycles. The molecular formula is C9H11NO2S. The van der Waals surface area contributed by atoms with Crippen molar-refractivity contribution in [2.75, 3.05) is 6.61 Å². The number of carbonyl (C=O) groups is 1. The van der Waals surface area contributed by atoms with Crippen molar-refractivity contribution in [2.24, 2.45) is 0 Å². The summed E-state index contributed by atoms with van der Waals surface area (Å²) in [6, 6.07) is 0. The molecule has 0 saturated carbocycles. The van der Waals surface area contributed by atoms with Crippen LogP contribution in [-0.4, -0.2) is 23.5 Å². The summed E-state index contributed by atoms with van der Waals surface area (Å²) in [6.45, 7) is 0.730. The Bertz CT molecular complexity index is 278. The minimum atomic E-state index is -0.163. The SMILES string of the molecule is O=C(Cc1nccs1)C1CCCO1. The third-order valence-corrected chi connectivity index (χ3v) is 2.88. The maximum Gasteiger partial charge on any atom is 0.168 e. The minimum Gasteiger partial charge on any atom is -0.370 e. The number of ketones is 1. The molecule has 0 radical (unpaired) electrons. The molecule has 0 amide bonds. The van der Waals surface area contributed by atoms with E-state index >= 15 is 0 Å². The summed E-state index contributed by atoms with van der Waals surface area (Å²) in [7, 11) is 0. The Morgan fingerprint density at radius 1 is 1.77 bits per heavy atom. The van der Waals surface area contributed by atoms with Gasteiger partial charge in [-0.05, 0) is 12.8 Å². The highest BCUT2D eigenvalue weighted by Gasteiger charge is 2.23. The van der Waals surface area contributed by atoms with E-state index in [4.69, 9.17) is 4.74 Å². The minimum absolute atomic E-state index is 0.163. The second-order valence-electron chi connectivity index (χ2n) is 3.07. The third-order valence-electron chi connectivity index (χ3n) is 2.10. The fourth-order valence-corrected chi connectivity index (χ4v) is 2.06. The van der Waals surface area contributed by atoms with E-state index < -0.39 is 0 Å². The molecule has 1 saturated heterocycles. The van der Waals surface area contributed by atoms with Crippen molar-refractivity contribution in [1.29, 1.82) is 0 Å². The number of hydrogen-bond acceptors (Lipinski definition) is 4. The van der Waals surface area contributed by atoms with Crippen LogP contribution in [0.5, 0.6) is 0 Å². The zero-order valence-electron chi connectivity index (χ0n) is 7.23. The predicted octanol–water partition coefficient (Wildman–Crippen LogP) is 1.43. The van der Waals surface area contributed by atoms with E-state index in [1.165, 1.54) is 11.3 Å². The van der Waals surface area contributed by atoms with Gasteiger partial charge in [-0.25, -0.2) is 4.98 Å². The monoisotopic (exact) mass is 197 g/mol. The van der Waals surface area contributed by atoms with E-state index in [0.717, 1.165) is 24.5 Å². The standard InChI is InChI=1S/C9H11NO2S/c11-7(8-2-1-4-12-8)6-9-10-3-5-13-9/h3,5,8H,1-2,4,6H2. The topological polar surface area (TPSA) is 39.2 Å². The molecule has 1 aliphatic heterocycles. The number of nitrogens with zero attached hydrogens (tertiary/aromatic N) is 1. The van der Waals surface area contributed by atoms with Crippen LogP contribution in [-0.2, 0) is 16.0 Å². The van der Waals surface area contributed by atoms with Gasteiger partial charge in [-0.1, -0.05) is 0 Å². The molecule has 0 aromatic carbocycles. The van der Waals surface area contributed by atoms with Gasteiger partial charge in [0.05, 0.1) is 11.4 Å². The summed E-state index contributed by atoms with van der Waals surface area (Å²) in [5.41, 5.74) is 0. The van der Waals surface area contributed by atoms with Crippen LogP contribution in [0, 0.1) is 0 Å². The maximum atomic E-state index is 11.6. The Morgan fingerprint density at radius 3 is 3.31 bits per heavy atom. The molecule has 1 fully saturated rings. The molecule has 1 unspecified atom stereocenters. The first-order valence-electron chi connectivity index (χ1n) is 4.39. The molecule has 1 aromatic rings. The Morgan fingerprint density at radius 2 is 2.69 bits per heavy atom. The van der Waals surface area contributed by atoms with Gasteiger partial charge in [0.2, 0.25) is 0 Å². The van der Waals surface area contributed by atoms with Crippen LogP contribution in [0.15, 0.2) is 11.6 Å². The average Bonchev–Trinajstić information content (AvgIpc) is 2.74. The molecule has 1 aromatic heterocycles. The molecule has 1 aliphatic rings. The van der Waals surface area contributed by atoms with Crippen LogP contribution in [0.1, 0.15) is 17.8 Å². The Kier molecular flexibility index (Phi) is 2.71. The second kappa shape index (κ2) is 3.98. The normalized spacial score (nSPS) is 22.0. The summed E-state index contributed by atoms with van der Waals surface area (Å²) in [5.74, 6) is 0.174. The van der Waals surface area contributed by atoms with Crippen molar-refractivity contribution in [2.45, 2.75) is 25.4 Å². The summed E-state index contributed by atoms with van der Waals surface area (Å²) in [6.07, 6.45) is 3.88. The lowest BCUT2D eigenvalue weighted by Crippen LogP contribution is -2.21. The van der Waals surface area contributed by atoms with Gasteiger partial charge in [-0.2, -0.15) is 0 Å². The van der Waals surface area contributed by atoms with Crippen molar-refractivity contribution in [3.05, 3.63) is 16.6 Å². The van der Waals surface area contributed by atoms with Crippen LogP contribution in [0.2, 0.25) is 0 Å². The van der Waals surface area contributed by atoms with Crippen LogP contribution in [0.4, 0.5) is 0 Å². The van der Waals surface area contributed by atoms with Crippen LogP contribution < -0.4 is 0 Å². The molecule has 0 spiro atoms. The van der Waals surface area contributed by atoms with E-state index in [9.17, 15) is 4.79 Å². The molecule has 0 N–H and O–H groups in total. The van der Waals surface area contributed by atoms with E-state index in [1.54, 1.807) is 6.20 Å². The van der Waals surface area contributed by atoms with Crippen molar-refractivity contribution < 1.29 is 9.53 Å². The van der Waals surface area contributed by atoms with Gasteiger partial charge in [0, 0.05) is 18.2 Å². The lowest BCUT2D eigenvalue weighted by molar-refractivity contribution is -0.127. The average molecular weight is 197 g/mol. The molecule has 2 rings (SSSR count). The number of carbonyl (C=O) groups excluding carboxylic acids is 1. The highest BCUT2D eigenvalue weighted by atomic mass is 32.1. The molecule has 70 valence electrons. The maximum absolute atomic E-state index is 11.6. The Balaban J connectivity index is 1.91. The first-order chi connectivity index (χ1) is 6.36. The van der Waals surface area contributed by atoms with E-state index in [1.807, 2.05) is 5.38 Å². The summed E-state index contributed by atoms with van der Waals surface area (Å²) >= 11 is 1.52. The molecule has 4 heteroatoms. The van der Waals surface area contributed by atoms with E-state index in [2.05, 4.69) is 4.98 Å². The highest BCUT2D eigenvalue weighted by Crippen LogP contribution is 2.15. The van der Waals surface area contributed by atoms with E-state index in [-0.39, 0.29) is 11.9 Å². The quantitative estimate of drug-likeness (QED) is 0.736. The first kappa shape index (κ1) is 8.84. The lowest BCUT2D eigenvalue weighted by atomic mass is 10.1. The summed E-state index contributed by atoms with van der Waals surface area (Å²) in [5, 5.41) is 2.78. The van der Waals surface area contributed by atoms with Crippen molar-refractivity contribution in [3.8, 4) is 0 Å². The number of aromatic nitrogens is 1. The Hall–Kier alpha value is -0.740. The van der Waals surface area contributed by atoms with Gasteiger partial charge in [0.15, 0.2) is 5.78 Å². The lowest BCUT2D eigenvalue weighted by Gasteiger charge is -2.05. The molecule has 0 bridgehead atoms. The van der Waals surface area contributed by atoms with Crippen molar-refractivity contribution >= 4 is 17.1 Å². The second-order valence-corrected chi connectivity index (χ2v) is 4.05. The fourth-order valence-electron chi connectivity index (χ4n) is 1.43. The number of rotatable bonds is 3. The van der Waals surface area contributed by atoms with Crippen LogP contribution >= 0.6 is 11.3 Å². The molecule has 2 heterocycles. The smallest absolute Gasteiger partial charge is 0.168 e. The number of ether oxygens (including phenoxy) is 1. The number of Topliss-reactive ketones (excluding diaryl/α,β-unsaturated/α-hetero) is 1. The number of hydrogen-bond donors (Lipinski definition) is 0. The molecule has 3 nitrogen and oxygen atoms in total. The van der Waals surface area contributed by atoms with Crippen molar-refractivity contribution in [1.82, 2.24) is 4.98 Å². The molecular weight excluding hydrogens is 186 g/mol. The number of thiazole rings is 1. The van der Waals surface area contributed by atoms with Gasteiger partial charge >= 0.3 is 0 Å². The largest absolute Gasteiger partial charge is 0.370 e. The van der Waals surface area contributed by atoms with Crippen LogP contribution in [0.3, 0.4) is 0 Å². The van der Waals surface area contributed by atoms with Gasteiger partial charge in [0.25, 0.3) is 0 Å². The summed E-state index contributed by atoms with van der Waals surface area (Å²) in [4.78, 5) is 15.6.